The predicted molar refractivity (Wildman–Crippen MR) is 127 cm³/mol. The second-order valence-electron chi connectivity index (χ2n) is 9.64. The molecular weight excluding hydrogens is 522 g/mol. The summed E-state index contributed by atoms with van der Waals surface area (Å²) in [6.07, 6.45) is 4.60. The van der Waals surface area contributed by atoms with Crippen LogP contribution in [0, 0.1) is 5.82 Å². The van der Waals surface area contributed by atoms with Crippen LogP contribution in [-0.2, 0) is 4.74 Å². The maximum atomic E-state index is 15.0. The van der Waals surface area contributed by atoms with E-state index in [2.05, 4.69) is 15.0 Å². The summed E-state index contributed by atoms with van der Waals surface area (Å²) in [4.78, 5) is 24.2. The predicted octanol–water partition coefficient (Wildman–Crippen LogP) is 7.06. The van der Waals surface area contributed by atoms with Crippen molar-refractivity contribution < 1.29 is 33.4 Å². The fourth-order valence-electron chi connectivity index (χ4n) is 5.15. The summed E-state index contributed by atoms with van der Waals surface area (Å²) in [7, 11) is -9.81. The SMILES string of the molecule is O=C(c1ccc(S(F)(F)(F)(F)F)cc1)N1CCC(c2c(F)cnc3nc([C@H]4CCCOCC4)[nH]c23)CC1. The zero-order valence-electron chi connectivity index (χ0n) is 19.7. The number of carbonyl (C=O) groups excluding carboxylic acids is 1. The minimum atomic E-state index is -9.81. The molecule has 5 rings (SSSR count). The molecule has 0 radical (unpaired) electrons. The number of nitrogens with zero attached hydrogens (tertiary/aromatic N) is 3. The van der Waals surface area contributed by atoms with Crippen molar-refractivity contribution in [3.8, 4) is 0 Å². The Labute approximate surface area is 209 Å². The molecule has 0 spiro atoms. The Morgan fingerprint density at radius 3 is 2.35 bits per heavy atom. The molecule has 2 fully saturated rings. The average Bonchev–Trinajstić information content (AvgIpc) is 3.08. The number of ether oxygens (including phenoxy) is 1. The lowest BCUT2D eigenvalue weighted by molar-refractivity contribution is 0.0712. The minimum absolute atomic E-state index is 0.118. The number of hydrogen-bond donors (Lipinski definition) is 1. The third-order valence-corrected chi connectivity index (χ3v) is 8.27. The molecule has 202 valence electrons. The summed E-state index contributed by atoms with van der Waals surface area (Å²) in [6, 6.07) is 2.00. The van der Waals surface area contributed by atoms with Gasteiger partial charge >= 0.3 is 10.2 Å². The zero-order valence-corrected chi connectivity index (χ0v) is 20.6. The maximum absolute atomic E-state index is 15.0. The number of aromatic nitrogens is 3. The molecule has 0 bridgehead atoms. The fraction of sp³-hybridized carbons (Fsp3) is 0.458. The van der Waals surface area contributed by atoms with E-state index in [0.29, 0.717) is 42.8 Å². The number of pyridine rings is 1. The van der Waals surface area contributed by atoms with Gasteiger partial charge in [-0.3, -0.25) is 4.79 Å². The molecule has 6 nitrogen and oxygen atoms in total. The minimum Gasteiger partial charge on any atom is -0.381 e. The van der Waals surface area contributed by atoms with Gasteiger partial charge < -0.3 is 14.6 Å². The van der Waals surface area contributed by atoms with Gasteiger partial charge in [0.25, 0.3) is 5.91 Å². The van der Waals surface area contributed by atoms with Crippen molar-refractivity contribution in [2.24, 2.45) is 0 Å². The summed E-state index contributed by atoms with van der Waals surface area (Å²) in [6.45, 7) is 1.80. The molecule has 1 N–H and O–H groups in total. The Morgan fingerprint density at radius 2 is 1.68 bits per heavy atom. The molecule has 3 aromatic rings. The number of rotatable bonds is 4. The highest BCUT2D eigenvalue weighted by atomic mass is 32.5. The van der Waals surface area contributed by atoms with Crippen molar-refractivity contribution in [3.05, 3.63) is 53.2 Å². The lowest BCUT2D eigenvalue weighted by Crippen LogP contribution is -2.38. The standard InChI is InChI=1S/C24H26F6N4O2S/c25-19-14-31-23-21(32-22(33-23)16-2-1-12-36-13-9-16)20(19)15-7-10-34(11-8-15)24(35)17-3-5-18(6-4-17)37(26,27,28,29)30/h3-6,14-16H,1-2,7-13H2,(H,31,32,33)/t16-/m0/s1. The van der Waals surface area contributed by atoms with Gasteiger partial charge in [0.15, 0.2) is 5.65 Å². The Bertz CT molecular complexity index is 1310. The largest absolute Gasteiger partial charge is 0.381 e. The van der Waals surface area contributed by atoms with Crippen molar-refractivity contribution in [1.82, 2.24) is 19.9 Å². The number of carbonyl (C=O) groups is 1. The zero-order chi connectivity index (χ0) is 26.5. The van der Waals surface area contributed by atoms with Crippen molar-refractivity contribution in [1.29, 1.82) is 0 Å². The average molecular weight is 549 g/mol. The number of likely N-dealkylation sites (tertiary alicyclic amines) is 1. The number of fused-ring (bicyclic) bond motifs is 1. The van der Waals surface area contributed by atoms with Crippen LogP contribution < -0.4 is 0 Å². The van der Waals surface area contributed by atoms with Crippen molar-refractivity contribution >= 4 is 27.3 Å². The van der Waals surface area contributed by atoms with Gasteiger partial charge in [0.05, 0.1) is 11.7 Å². The van der Waals surface area contributed by atoms with E-state index in [1.807, 2.05) is 0 Å². The molecule has 37 heavy (non-hydrogen) atoms. The Kier molecular flexibility index (Phi) is 6.02. The number of nitrogens with one attached hydrogen (secondary N) is 1. The van der Waals surface area contributed by atoms with Crippen LogP contribution in [0.25, 0.3) is 11.2 Å². The number of halogens is 6. The number of hydrogen-bond acceptors (Lipinski definition) is 4. The van der Waals surface area contributed by atoms with Crippen LogP contribution >= 0.6 is 10.2 Å². The first-order valence-corrected chi connectivity index (χ1v) is 14.0. The first-order valence-electron chi connectivity index (χ1n) is 12.1. The van der Waals surface area contributed by atoms with Crippen molar-refractivity contribution in [3.63, 3.8) is 0 Å². The van der Waals surface area contributed by atoms with Gasteiger partial charge in [-0.05, 0) is 62.3 Å². The fourth-order valence-corrected chi connectivity index (χ4v) is 5.80. The van der Waals surface area contributed by atoms with Gasteiger partial charge in [-0.15, -0.1) is 0 Å². The molecule has 2 aliphatic heterocycles. The summed E-state index contributed by atoms with van der Waals surface area (Å²) in [5, 5.41) is 0. The molecule has 13 heteroatoms. The molecule has 1 aromatic carbocycles. The van der Waals surface area contributed by atoms with Gasteiger partial charge in [0, 0.05) is 43.3 Å². The lowest BCUT2D eigenvalue weighted by atomic mass is 9.88. The van der Waals surface area contributed by atoms with Gasteiger partial charge in [0.1, 0.15) is 16.5 Å². The van der Waals surface area contributed by atoms with E-state index < -0.39 is 26.8 Å². The Hall–Kier alpha value is -2.80. The summed E-state index contributed by atoms with van der Waals surface area (Å²) >= 11 is 0. The Balaban J connectivity index is 1.31. The van der Waals surface area contributed by atoms with Crippen molar-refractivity contribution in [2.45, 2.75) is 48.8 Å². The number of aromatic amines is 1. The third-order valence-electron chi connectivity index (χ3n) is 7.11. The quantitative estimate of drug-likeness (QED) is 0.355. The second kappa shape index (κ2) is 8.62. The van der Waals surface area contributed by atoms with Crippen LogP contribution in [0.4, 0.5) is 23.8 Å². The van der Waals surface area contributed by atoms with Crippen LogP contribution in [0.3, 0.4) is 0 Å². The normalized spacial score (nSPS) is 21.9. The molecule has 0 saturated carbocycles. The van der Waals surface area contributed by atoms with Gasteiger partial charge in [-0.1, -0.05) is 19.4 Å². The number of benzene rings is 1. The van der Waals surface area contributed by atoms with Crippen LogP contribution in [0.15, 0.2) is 35.4 Å². The highest BCUT2D eigenvalue weighted by Crippen LogP contribution is 3.02. The Morgan fingerprint density at radius 1 is 0.973 bits per heavy atom. The van der Waals surface area contributed by atoms with E-state index in [4.69, 9.17) is 4.74 Å². The van der Waals surface area contributed by atoms with E-state index in [1.165, 1.54) is 4.90 Å². The first-order chi connectivity index (χ1) is 17.3. The molecule has 2 saturated heterocycles. The van der Waals surface area contributed by atoms with Crippen LogP contribution in [0.1, 0.15) is 65.7 Å². The highest BCUT2D eigenvalue weighted by Gasteiger charge is 2.65. The highest BCUT2D eigenvalue weighted by molar-refractivity contribution is 8.45. The number of amides is 1. The summed E-state index contributed by atoms with van der Waals surface area (Å²) < 4.78 is 85.3. The smallest absolute Gasteiger partial charge is 0.310 e. The molecule has 1 atom stereocenters. The molecular formula is C24H26F6N4O2S. The molecule has 2 aliphatic rings. The number of imidazole rings is 1. The van der Waals surface area contributed by atoms with Crippen molar-refractivity contribution in [2.75, 3.05) is 26.3 Å². The van der Waals surface area contributed by atoms with Crippen LogP contribution in [0.5, 0.6) is 0 Å². The maximum Gasteiger partial charge on any atom is 0.310 e. The van der Waals surface area contributed by atoms with E-state index in [9.17, 15) is 28.6 Å². The first kappa shape index (κ1) is 25.8. The molecule has 0 unspecified atom stereocenters. The van der Waals surface area contributed by atoms with Crippen LogP contribution in [-0.4, -0.2) is 52.1 Å². The van der Waals surface area contributed by atoms with E-state index >= 15 is 0 Å². The number of H-pyrrole nitrogens is 1. The summed E-state index contributed by atoms with van der Waals surface area (Å²) in [5.74, 6) is -0.342. The van der Waals surface area contributed by atoms with Gasteiger partial charge in [-0.25, -0.2) is 14.4 Å². The molecule has 4 heterocycles. The third kappa shape index (κ3) is 5.42. The molecule has 2 aromatic heterocycles. The lowest BCUT2D eigenvalue weighted by Gasteiger charge is -2.40. The van der Waals surface area contributed by atoms with Gasteiger partial charge in [-0.2, -0.15) is 0 Å². The number of piperidine rings is 1. The molecule has 1 amide bonds. The second-order valence-corrected chi connectivity index (χ2v) is 12.0. The summed E-state index contributed by atoms with van der Waals surface area (Å²) in [5.41, 5.74) is 1.31. The monoisotopic (exact) mass is 548 g/mol. The van der Waals surface area contributed by atoms with Gasteiger partial charge in [0.2, 0.25) is 0 Å². The van der Waals surface area contributed by atoms with Crippen LogP contribution in [0.2, 0.25) is 0 Å². The van der Waals surface area contributed by atoms with E-state index in [-0.39, 0.29) is 42.6 Å². The molecule has 0 aliphatic carbocycles. The topological polar surface area (TPSA) is 71.1 Å². The van der Waals surface area contributed by atoms with E-state index in [1.54, 1.807) is 0 Å². The van der Waals surface area contributed by atoms with E-state index in [0.717, 1.165) is 43.4 Å².